The van der Waals surface area contributed by atoms with Crippen molar-refractivity contribution in [1.82, 2.24) is 15.1 Å². The van der Waals surface area contributed by atoms with Crippen LogP contribution in [-0.4, -0.2) is 55.1 Å². The smallest absolute Gasteiger partial charge is 0.0966 e. The predicted octanol–water partition coefficient (Wildman–Crippen LogP) is 1.77. The molecule has 0 heterocycles. The zero-order valence-corrected chi connectivity index (χ0v) is 13.4. The Morgan fingerprint density at radius 2 is 1.56 bits per heavy atom. The van der Waals surface area contributed by atoms with Gasteiger partial charge in [-0.25, -0.2) is 0 Å². The largest absolute Gasteiger partial charge is 0.381 e. The number of hydrogen-bond acceptors (Lipinski definition) is 4. The van der Waals surface area contributed by atoms with Crippen LogP contribution in [0.25, 0.3) is 0 Å². The molecule has 0 aliphatic heterocycles. The molecule has 0 aromatic rings. The number of rotatable bonds is 7. The molecule has 18 heavy (non-hydrogen) atoms. The molecule has 4 nitrogen and oxygen atoms in total. The molecule has 2 N–H and O–H groups in total. The summed E-state index contributed by atoms with van der Waals surface area (Å²) in [5, 5.41) is 12.8. The topological polar surface area (TPSA) is 38.7 Å². The Balaban J connectivity index is 3.94. The molecule has 0 bridgehead atoms. The van der Waals surface area contributed by atoms with Gasteiger partial charge in [0.05, 0.1) is 13.4 Å². The molecule has 0 aromatic heterocycles. The lowest BCUT2D eigenvalue weighted by Gasteiger charge is -2.32. The zero-order chi connectivity index (χ0) is 14.4. The van der Waals surface area contributed by atoms with Gasteiger partial charge < -0.3 is 10.4 Å². The molecule has 0 radical (unpaired) electrons. The number of nitrogens with zero attached hydrogens (tertiary/aromatic N) is 2. The highest BCUT2D eigenvalue weighted by Gasteiger charge is 2.17. The molecular formula is C14H33N3O. The number of aliphatic hydroxyl groups excluding tert-OH is 1. The van der Waals surface area contributed by atoms with Gasteiger partial charge in [0.1, 0.15) is 0 Å². The maximum atomic E-state index is 9.37. The van der Waals surface area contributed by atoms with E-state index in [1.54, 1.807) is 0 Å². The number of aliphatic hydroxyl groups is 1. The highest BCUT2D eigenvalue weighted by atomic mass is 16.3. The summed E-state index contributed by atoms with van der Waals surface area (Å²) in [6, 6.07) is 0. The third-order valence-electron chi connectivity index (χ3n) is 2.38. The average Bonchev–Trinajstić information content (AvgIpc) is 2.12. The molecule has 0 rings (SSSR count). The van der Waals surface area contributed by atoms with Crippen molar-refractivity contribution < 1.29 is 5.11 Å². The van der Waals surface area contributed by atoms with Crippen LogP contribution in [0.5, 0.6) is 0 Å². The molecule has 0 aliphatic rings. The standard InChI is InChI=1S/C14H33N3O/c1-13(2,3)8-15-10-16(7)11-17(12-18)9-14(4,5)6/h15,18H,8-12H2,1-7H3. The van der Waals surface area contributed by atoms with Crippen molar-refractivity contribution in [2.24, 2.45) is 10.8 Å². The van der Waals surface area contributed by atoms with E-state index in [0.29, 0.717) is 5.41 Å². The van der Waals surface area contributed by atoms with E-state index >= 15 is 0 Å². The summed E-state index contributed by atoms with van der Waals surface area (Å²) >= 11 is 0. The second-order valence-electron chi connectivity index (χ2n) is 7.67. The van der Waals surface area contributed by atoms with Gasteiger partial charge in [0, 0.05) is 19.8 Å². The van der Waals surface area contributed by atoms with Crippen LogP contribution in [0.4, 0.5) is 0 Å². The minimum Gasteiger partial charge on any atom is -0.381 e. The predicted molar refractivity (Wildman–Crippen MR) is 78.2 cm³/mol. The molecule has 0 saturated heterocycles. The summed E-state index contributed by atoms with van der Waals surface area (Å²) in [6.07, 6.45) is 0. The van der Waals surface area contributed by atoms with E-state index in [-0.39, 0.29) is 12.1 Å². The van der Waals surface area contributed by atoms with E-state index in [0.717, 1.165) is 26.4 Å². The molecule has 0 unspecified atom stereocenters. The van der Waals surface area contributed by atoms with E-state index in [1.807, 2.05) is 0 Å². The first-order valence-electron chi connectivity index (χ1n) is 6.76. The van der Waals surface area contributed by atoms with Crippen LogP contribution < -0.4 is 5.32 Å². The molecule has 0 amide bonds. The van der Waals surface area contributed by atoms with E-state index in [1.165, 1.54) is 0 Å². The Morgan fingerprint density at radius 1 is 1.00 bits per heavy atom. The van der Waals surface area contributed by atoms with Gasteiger partial charge in [-0.2, -0.15) is 0 Å². The van der Waals surface area contributed by atoms with Gasteiger partial charge in [0.2, 0.25) is 0 Å². The first-order valence-corrected chi connectivity index (χ1v) is 6.76. The molecule has 0 saturated carbocycles. The lowest BCUT2D eigenvalue weighted by atomic mass is 9.96. The summed E-state index contributed by atoms with van der Waals surface area (Å²) in [4.78, 5) is 4.24. The SMILES string of the molecule is CN(CNCC(C)(C)C)CN(CO)CC(C)(C)C. The molecule has 0 aliphatic carbocycles. The minimum absolute atomic E-state index is 0.112. The number of hydrogen-bond donors (Lipinski definition) is 2. The first kappa shape index (κ1) is 17.8. The molecule has 0 spiro atoms. The third kappa shape index (κ3) is 11.0. The van der Waals surface area contributed by atoms with Crippen molar-refractivity contribution in [2.75, 3.05) is 40.2 Å². The first-order chi connectivity index (χ1) is 8.03. The fourth-order valence-corrected chi connectivity index (χ4v) is 1.83. The maximum absolute atomic E-state index is 9.37. The van der Waals surface area contributed by atoms with Crippen molar-refractivity contribution >= 4 is 0 Å². The van der Waals surface area contributed by atoms with Crippen molar-refractivity contribution in [1.29, 1.82) is 0 Å². The lowest BCUT2D eigenvalue weighted by molar-refractivity contribution is 0.0315. The zero-order valence-electron chi connectivity index (χ0n) is 13.4. The van der Waals surface area contributed by atoms with Crippen LogP contribution in [0.2, 0.25) is 0 Å². The van der Waals surface area contributed by atoms with Crippen LogP contribution >= 0.6 is 0 Å². The Bertz CT molecular complexity index is 218. The average molecular weight is 259 g/mol. The normalized spacial score (nSPS) is 13.7. The lowest BCUT2D eigenvalue weighted by Crippen LogP contribution is -2.44. The minimum atomic E-state index is 0.112. The van der Waals surface area contributed by atoms with Crippen molar-refractivity contribution in [2.45, 2.75) is 41.5 Å². The van der Waals surface area contributed by atoms with Gasteiger partial charge in [0.25, 0.3) is 0 Å². The maximum Gasteiger partial charge on any atom is 0.0966 e. The Labute approximate surface area is 113 Å². The molecule has 0 aromatic carbocycles. The van der Waals surface area contributed by atoms with Crippen LogP contribution in [0.1, 0.15) is 41.5 Å². The van der Waals surface area contributed by atoms with Gasteiger partial charge in [0.15, 0.2) is 0 Å². The van der Waals surface area contributed by atoms with Gasteiger partial charge in [-0.05, 0) is 17.9 Å². The van der Waals surface area contributed by atoms with Crippen molar-refractivity contribution in [3.63, 3.8) is 0 Å². The van der Waals surface area contributed by atoms with Crippen LogP contribution in [-0.2, 0) is 0 Å². The monoisotopic (exact) mass is 259 g/mol. The molecule has 4 heteroatoms. The fraction of sp³-hybridized carbons (Fsp3) is 1.00. The highest BCUT2D eigenvalue weighted by molar-refractivity contribution is 4.68. The summed E-state index contributed by atoms with van der Waals surface area (Å²) in [7, 11) is 2.07. The van der Waals surface area contributed by atoms with E-state index < -0.39 is 0 Å². The molecule has 0 fully saturated rings. The van der Waals surface area contributed by atoms with Gasteiger partial charge in [-0.3, -0.25) is 9.80 Å². The fourth-order valence-electron chi connectivity index (χ4n) is 1.83. The highest BCUT2D eigenvalue weighted by Crippen LogP contribution is 2.14. The van der Waals surface area contributed by atoms with Crippen LogP contribution in [0.3, 0.4) is 0 Å². The van der Waals surface area contributed by atoms with E-state index in [4.69, 9.17) is 0 Å². The van der Waals surface area contributed by atoms with Gasteiger partial charge >= 0.3 is 0 Å². The summed E-state index contributed by atoms with van der Waals surface area (Å²) < 4.78 is 0. The Kier molecular flexibility index (Phi) is 7.37. The third-order valence-corrected chi connectivity index (χ3v) is 2.38. The Morgan fingerprint density at radius 3 is 1.94 bits per heavy atom. The van der Waals surface area contributed by atoms with E-state index in [2.05, 4.69) is 63.7 Å². The summed E-state index contributed by atoms with van der Waals surface area (Å²) in [5.74, 6) is 0. The summed E-state index contributed by atoms with van der Waals surface area (Å²) in [5.41, 5.74) is 0.519. The van der Waals surface area contributed by atoms with Crippen LogP contribution in [0, 0.1) is 10.8 Å². The van der Waals surface area contributed by atoms with Gasteiger partial charge in [-0.15, -0.1) is 0 Å². The second kappa shape index (κ2) is 7.43. The molecule has 110 valence electrons. The van der Waals surface area contributed by atoms with E-state index in [9.17, 15) is 5.11 Å². The van der Waals surface area contributed by atoms with Crippen molar-refractivity contribution in [3.8, 4) is 0 Å². The quantitative estimate of drug-likeness (QED) is 0.684. The number of nitrogens with one attached hydrogen (secondary N) is 1. The Hall–Kier alpha value is -0.160. The van der Waals surface area contributed by atoms with Crippen LogP contribution in [0.15, 0.2) is 0 Å². The molecule has 0 atom stereocenters. The summed E-state index contributed by atoms with van der Waals surface area (Å²) in [6.45, 7) is 16.9. The molecular weight excluding hydrogens is 226 g/mol. The van der Waals surface area contributed by atoms with Gasteiger partial charge in [-0.1, -0.05) is 41.5 Å². The van der Waals surface area contributed by atoms with Crippen molar-refractivity contribution in [3.05, 3.63) is 0 Å². The second-order valence-corrected chi connectivity index (χ2v) is 7.67.